The topological polar surface area (TPSA) is 76.0 Å². The van der Waals surface area contributed by atoms with Crippen molar-refractivity contribution in [2.75, 3.05) is 11.9 Å². The number of carbonyl (C=O) groups is 2. The predicted octanol–water partition coefficient (Wildman–Crippen LogP) is 2.47. The zero-order valence-corrected chi connectivity index (χ0v) is 13.4. The number of nitrogens with one attached hydrogen (secondary N) is 2. The van der Waals surface area contributed by atoms with E-state index in [2.05, 4.69) is 15.7 Å². The van der Waals surface area contributed by atoms with Crippen molar-refractivity contribution in [2.45, 2.75) is 12.8 Å². The predicted molar refractivity (Wildman–Crippen MR) is 87.7 cm³/mol. The van der Waals surface area contributed by atoms with Crippen LogP contribution >= 0.6 is 11.6 Å². The lowest BCUT2D eigenvalue weighted by molar-refractivity contribution is 0.0952. The third kappa shape index (κ3) is 3.90. The summed E-state index contributed by atoms with van der Waals surface area (Å²) in [5.74, 6) is 0.0177. The highest BCUT2D eigenvalue weighted by molar-refractivity contribution is 6.31. The number of benzene rings is 1. The molecule has 1 aliphatic carbocycles. The highest BCUT2D eigenvalue weighted by Gasteiger charge is 2.23. The van der Waals surface area contributed by atoms with Crippen LogP contribution in [0.2, 0.25) is 5.02 Å². The first-order valence-corrected chi connectivity index (χ1v) is 7.78. The van der Waals surface area contributed by atoms with Gasteiger partial charge in [-0.2, -0.15) is 5.10 Å². The first-order chi connectivity index (χ1) is 11.0. The van der Waals surface area contributed by atoms with Gasteiger partial charge in [-0.25, -0.2) is 0 Å². The van der Waals surface area contributed by atoms with Crippen LogP contribution < -0.4 is 10.6 Å². The van der Waals surface area contributed by atoms with Crippen LogP contribution in [0.4, 0.5) is 5.69 Å². The summed E-state index contributed by atoms with van der Waals surface area (Å²) in [6, 6.07) is 4.82. The monoisotopic (exact) mass is 332 g/mol. The fourth-order valence-corrected chi connectivity index (χ4v) is 2.37. The van der Waals surface area contributed by atoms with E-state index in [1.54, 1.807) is 36.1 Å². The lowest BCUT2D eigenvalue weighted by Gasteiger charge is -2.11. The Morgan fingerprint density at radius 1 is 1.35 bits per heavy atom. The van der Waals surface area contributed by atoms with Gasteiger partial charge < -0.3 is 10.6 Å². The van der Waals surface area contributed by atoms with Gasteiger partial charge in [0.2, 0.25) is 0 Å². The molecule has 1 heterocycles. The summed E-state index contributed by atoms with van der Waals surface area (Å²) >= 11 is 5.99. The van der Waals surface area contributed by atoms with Crippen molar-refractivity contribution in [1.82, 2.24) is 15.1 Å². The number of aromatic nitrogens is 2. The third-order valence-electron chi connectivity index (χ3n) is 3.69. The fourth-order valence-electron chi connectivity index (χ4n) is 2.20. The van der Waals surface area contributed by atoms with Crippen molar-refractivity contribution in [3.63, 3.8) is 0 Å². The van der Waals surface area contributed by atoms with E-state index in [0.717, 1.165) is 12.8 Å². The quantitative estimate of drug-likeness (QED) is 0.883. The summed E-state index contributed by atoms with van der Waals surface area (Å²) in [6.07, 6.45) is 5.39. The Bertz CT molecular complexity index is 752. The minimum Gasteiger partial charge on any atom is -0.352 e. The summed E-state index contributed by atoms with van der Waals surface area (Å²) in [5, 5.41) is 10.0. The van der Waals surface area contributed by atoms with E-state index in [4.69, 9.17) is 11.6 Å². The van der Waals surface area contributed by atoms with Crippen LogP contribution in [0.25, 0.3) is 0 Å². The van der Waals surface area contributed by atoms with Crippen molar-refractivity contribution in [3.05, 3.63) is 46.7 Å². The molecule has 0 unspecified atom stereocenters. The Hall–Kier alpha value is -2.34. The average molecular weight is 333 g/mol. The minimum atomic E-state index is -0.323. The Balaban J connectivity index is 1.77. The van der Waals surface area contributed by atoms with Crippen molar-refractivity contribution in [2.24, 2.45) is 13.0 Å². The molecular formula is C16H17ClN4O2. The molecule has 7 heteroatoms. The molecule has 1 fully saturated rings. The zero-order valence-electron chi connectivity index (χ0n) is 12.7. The average Bonchev–Trinajstić information content (AvgIpc) is 3.26. The minimum absolute atomic E-state index is 0.235. The molecular weight excluding hydrogens is 316 g/mol. The molecule has 0 atom stereocenters. The molecule has 0 bridgehead atoms. The molecule has 1 aromatic heterocycles. The smallest absolute Gasteiger partial charge is 0.258 e. The second-order valence-corrected chi connectivity index (χ2v) is 6.14. The molecule has 120 valence electrons. The van der Waals surface area contributed by atoms with E-state index in [1.165, 1.54) is 6.20 Å². The largest absolute Gasteiger partial charge is 0.352 e. The maximum Gasteiger partial charge on any atom is 0.258 e. The van der Waals surface area contributed by atoms with Crippen LogP contribution in [-0.2, 0) is 7.05 Å². The Morgan fingerprint density at radius 3 is 2.78 bits per heavy atom. The van der Waals surface area contributed by atoms with Gasteiger partial charge in [0.1, 0.15) is 0 Å². The van der Waals surface area contributed by atoms with Crippen LogP contribution in [0.15, 0.2) is 30.6 Å². The zero-order chi connectivity index (χ0) is 16.4. The van der Waals surface area contributed by atoms with Crippen molar-refractivity contribution in [3.8, 4) is 0 Å². The number of hydrogen-bond donors (Lipinski definition) is 2. The first kappa shape index (κ1) is 15.6. The van der Waals surface area contributed by atoms with Gasteiger partial charge in [-0.15, -0.1) is 0 Å². The highest BCUT2D eigenvalue weighted by atomic mass is 35.5. The van der Waals surface area contributed by atoms with Crippen LogP contribution in [-0.4, -0.2) is 28.1 Å². The van der Waals surface area contributed by atoms with Crippen LogP contribution in [0.5, 0.6) is 0 Å². The van der Waals surface area contributed by atoms with Gasteiger partial charge >= 0.3 is 0 Å². The molecule has 2 amide bonds. The lowest BCUT2D eigenvalue weighted by atomic mass is 10.1. The van der Waals surface area contributed by atoms with Crippen LogP contribution in [0.1, 0.15) is 33.6 Å². The molecule has 0 saturated heterocycles. The molecule has 3 rings (SSSR count). The van der Waals surface area contributed by atoms with E-state index in [-0.39, 0.29) is 11.8 Å². The second-order valence-electron chi connectivity index (χ2n) is 5.70. The Kier molecular flexibility index (Phi) is 4.34. The van der Waals surface area contributed by atoms with Gasteiger partial charge in [0, 0.05) is 24.8 Å². The lowest BCUT2D eigenvalue weighted by Crippen LogP contribution is -2.27. The fraction of sp³-hybridized carbons (Fsp3) is 0.312. The maximum atomic E-state index is 12.3. The standard InChI is InChI=1S/C16H17ClN4O2/c1-21-9-11(8-19-21)15(22)20-14-5-4-12(17)6-13(14)16(23)18-7-10-2-3-10/h4-6,8-10H,2-3,7H2,1H3,(H,18,23)(H,20,22). The number of hydrogen-bond acceptors (Lipinski definition) is 3. The van der Waals surface area contributed by atoms with E-state index in [1.807, 2.05) is 0 Å². The number of halogens is 1. The molecule has 6 nitrogen and oxygen atoms in total. The van der Waals surface area contributed by atoms with Gasteiger partial charge in [0.25, 0.3) is 11.8 Å². The summed E-state index contributed by atoms with van der Waals surface area (Å²) in [6.45, 7) is 0.654. The van der Waals surface area contributed by atoms with E-state index in [9.17, 15) is 9.59 Å². The van der Waals surface area contributed by atoms with Crippen molar-refractivity contribution >= 4 is 29.1 Å². The molecule has 1 aliphatic rings. The summed E-state index contributed by atoms with van der Waals surface area (Å²) in [7, 11) is 1.73. The van der Waals surface area contributed by atoms with Crippen molar-refractivity contribution in [1.29, 1.82) is 0 Å². The molecule has 2 aromatic rings. The molecule has 2 N–H and O–H groups in total. The number of anilines is 1. The molecule has 1 saturated carbocycles. The van der Waals surface area contributed by atoms with E-state index < -0.39 is 0 Å². The van der Waals surface area contributed by atoms with Gasteiger partial charge in [-0.1, -0.05) is 11.6 Å². The Morgan fingerprint density at radius 2 is 2.13 bits per heavy atom. The molecule has 0 spiro atoms. The van der Waals surface area contributed by atoms with E-state index in [0.29, 0.717) is 34.3 Å². The number of aryl methyl sites for hydroxylation is 1. The first-order valence-electron chi connectivity index (χ1n) is 7.40. The third-order valence-corrected chi connectivity index (χ3v) is 3.92. The number of amides is 2. The summed E-state index contributed by atoms with van der Waals surface area (Å²) in [4.78, 5) is 24.6. The normalized spacial score (nSPS) is 13.7. The van der Waals surface area contributed by atoms with Gasteiger partial charge in [0.15, 0.2) is 0 Å². The van der Waals surface area contributed by atoms with Gasteiger partial charge in [-0.3, -0.25) is 14.3 Å². The number of carbonyl (C=O) groups excluding carboxylic acids is 2. The number of rotatable bonds is 5. The molecule has 0 aliphatic heterocycles. The molecule has 23 heavy (non-hydrogen) atoms. The summed E-state index contributed by atoms with van der Waals surface area (Å²) in [5.41, 5.74) is 1.21. The second kappa shape index (κ2) is 6.42. The number of nitrogens with zero attached hydrogens (tertiary/aromatic N) is 2. The Labute approximate surface area is 138 Å². The molecule has 1 aromatic carbocycles. The van der Waals surface area contributed by atoms with Crippen LogP contribution in [0.3, 0.4) is 0 Å². The van der Waals surface area contributed by atoms with E-state index >= 15 is 0 Å². The van der Waals surface area contributed by atoms with Gasteiger partial charge in [-0.05, 0) is 37.0 Å². The van der Waals surface area contributed by atoms with Gasteiger partial charge in [0.05, 0.1) is 23.0 Å². The summed E-state index contributed by atoms with van der Waals surface area (Å²) < 4.78 is 1.54. The molecule has 0 radical (unpaired) electrons. The SMILES string of the molecule is Cn1cc(C(=O)Nc2ccc(Cl)cc2C(=O)NCC2CC2)cn1. The maximum absolute atomic E-state index is 12.3. The van der Waals surface area contributed by atoms with Crippen LogP contribution in [0, 0.1) is 5.92 Å². The van der Waals surface area contributed by atoms with Crippen molar-refractivity contribution < 1.29 is 9.59 Å². The highest BCUT2D eigenvalue weighted by Crippen LogP contribution is 2.28.